The first-order valence-electron chi connectivity index (χ1n) is 10.8. The minimum Gasteiger partial charge on any atom is -0.497 e. The van der Waals surface area contributed by atoms with Gasteiger partial charge in [0.2, 0.25) is 0 Å². The average molecular weight is 414 g/mol. The molecule has 0 bridgehead atoms. The van der Waals surface area contributed by atoms with Crippen LogP contribution in [-0.2, 0) is 6.54 Å². The number of nitrogens with zero attached hydrogens (tertiary/aromatic N) is 5. The molecule has 30 heavy (non-hydrogen) atoms. The lowest BCUT2D eigenvalue weighted by Gasteiger charge is -2.31. The Hall–Kier alpha value is -2.61. The van der Waals surface area contributed by atoms with Gasteiger partial charge in [-0.15, -0.1) is 5.10 Å². The van der Waals surface area contributed by atoms with Gasteiger partial charge in [-0.1, -0.05) is 5.21 Å². The van der Waals surface area contributed by atoms with Gasteiger partial charge in [0.25, 0.3) is 5.91 Å². The quantitative estimate of drug-likeness (QED) is 0.725. The lowest BCUT2D eigenvalue weighted by atomic mass is 10.0. The second-order valence-electron chi connectivity index (χ2n) is 8.16. The minimum atomic E-state index is 0.0189. The van der Waals surface area contributed by atoms with E-state index in [0.717, 1.165) is 69.9 Å². The molecule has 4 rings (SSSR count). The highest BCUT2D eigenvalue weighted by Crippen LogP contribution is 2.27. The van der Waals surface area contributed by atoms with E-state index in [2.05, 4.69) is 27.3 Å². The van der Waals surface area contributed by atoms with Crippen LogP contribution in [0, 0.1) is 0 Å². The van der Waals surface area contributed by atoms with Crippen LogP contribution >= 0.6 is 0 Å². The van der Waals surface area contributed by atoms with Crippen LogP contribution in [0.4, 0.5) is 0 Å². The van der Waals surface area contributed by atoms with Crippen molar-refractivity contribution in [2.45, 2.75) is 44.7 Å². The molecular formula is C22H31N5O3. The monoisotopic (exact) mass is 413 g/mol. The topological polar surface area (TPSA) is 72.7 Å². The summed E-state index contributed by atoms with van der Waals surface area (Å²) in [6, 6.07) is 6.30. The summed E-state index contributed by atoms with van der Waals surface area (Å²) in [5.41, 5.74) is 1.66. The van der Waals surface area contributed by atoms with E-state index in [4.69, 9.17) is 9.47 Å². The van der Waals surface area contributed by atoms with Crippen LogP contribution in [0.2, 0.25) is 0 Å². The number of carbonyl (C=O) groups excluding carboxylic acids is 1. The smallest absolute Gasteiger partial charge is 0.276 e. The van der Waals surface area contributed by atoms with E-state index in [9.17, 15) is 4.79 Å². The summed E-state index contributed by atoms with van der Waals surface area (Å²) in [7, 11) is 3.35. The molecule has 0 unspecified atom stereocenters. The number of likely N-dealkylation sites (tertiary alicyclic amines) is 2. The maximum Gasteiger partial charge on any atom is 0.276 e. The Morgan fingerprint density at radius 1 is 1.00 bits per heavy atom. The molecule has 162 valence electrons. The summed E-state index contributed by atoms with van der Waals surface area (Å²) in [5, 5.41) is 8.45. The van der Waals surface area contributed by atoms with Crippen molar-refractivity contribution in [3.05, 3.63) is 35.7 Å². The van der Waals surface area contributed by atoms with E-state index in [1.807, 2.05) is 21.8 Å². The van der Waals surface area contributed by atoms with Gasteiger partial charge in [0.05, 0.1) is 26.5 Å². The van der Waals surface area contributed by atoms with Crippen molar-refractivity contribution in [3.63, 3.8) is 0 Å². The molecule has 1 aromatic carbocycles. The summed E-state index contributed by atoms with van der Waals surface area (Å²) in [6.45, 7) is 4.47. The Bertz CT molecular complexity index is 832. The number of benzene rings is 1. The van der Waals surface area contributed by atoms with Crippen molar-refractivity contribution in [1.82, 2.24) is 24.8 Å². The van der Waals surface area contributed by atoms with Gasteiger partial charge in [-0.3, -0.25) is 9.69 Å². The number of carbonyl (C=O) groups is 1. The number of rotatable bonds is 6. The molecule has 2 fully saturated rings. The predicted octanol–water partition coefficient (Wildman–Crippen LogP) is 2.76. The third-order valence-corrected chi connectivity index (χ3v) is 6.12. The van der Waals surface area contributed by atoms with E-state index >= 15 is 0 Å². The van der Waals surface area contributed by atoms with Crippen LogP contribution in [0.15, 0.2) is 24.4 Å². The highest BCUT2D eigenvalue weighted by Gasteiger charge is 2.25. The van der Waals surface area contributed by atoms with Crippen molar-refractivity contribution in [3.8, 4) is 11.5 Å². The minimum absolute atomic E-state index is 0.0189. The van der Waals surface area contributed by atoms with E-state index in [-0.39, 0.29) is 11.9 Å². The average Bonchev–Trinajstić information content (AvgIpc) is 3.29. The Labute approximate surface area is 177 Å². The number of aromatic nitrogens is 3. The SMILES string of the molecule is COc1cc(CN2CCC(n3cc(C(=O)N4CCCCC4)nn3)CC2)cc(OC)c1. The van der Waals surface area contributed by atoms with Crippen LogP contribution in [0.5, 0.6) is 11.5 Å². The lowest BCUT2D eigenvalue weighted by molar-refractivity contribution is 0.0718. The Balaban J connectivity index is 1.33. The van der Waals surface area contributed by atoms with Gasteiger partial charge in [0, 0.05) is 38.8 Å². The fourth-order valence-electron chi connectivity index (χ4n) is 4.37. The van der Waals surface area contributed by atoms with Gasteiger partial charge in [-0.2, -0.15) is 0 Å². The zero-order valence-electron chi connectivity index (χ0n) is 17.9. The molecule has 8 heteroatoms. The van der Waals surface area contributed by atoms with Gasteiger partial charge in [0.15, 0.2) is 5.69 Å². The number of piperidine rings is 2. The third kappa shape index (κ3) is 4.75. The zero-order chi connectivity index (χ0) is 20.9. The number of hydrogen-bond donors (Lipinski definition) is 0. The van der Waals surface area contributed by atoms with E-state index in [1.54, 1.807) is 14.2 Å². The van der Waals surface area contributed by atoms with Crippen LogP contribution in [0.25, 0.3) is 0 Å². The van der Waals surface area contributed by atoms with Gasteiger partial charge in [0.1, 0.15) is 11.5 Å². The van der Waals surface area contributed by atoms with E-state index in [1.165, 1.54) is 12.0 Å². The van der Waals surface area contributed by atoms with Crippen LogP contribution in [0.1, 0.15) is 54.2 Å². The molecule has 2 aliphatic rings. The van der Waals surface area contributed by atoms with Crippen molar-refractivity contribution in [2.75, 3.05) is 40.4 Å². The summed E-state index contributed by atoms with van der Waals surface area (Å²) in [6.07, 6.45) is 7.18. The Morgan fingerprint density at radius 3 is 2.30 bits per heavy atom. The first-order valence-corrected chi connectivity index (χ1v) is 10.8. The first-order chi connectivity index (χ1) is 14.7. The van der Waals surface area contributed by atoms with Gasteiger partial charge >= 0.3 is 0 Å². The fourth-order valence-corrected chi connectivity index (χ4v) is 4.37. The van der Waals surface area contributed by atoms with Crippen LogP contribution in [0.3, 0.4) is 0 Å². The molecule has 0 atom stereocenters. The zero-order valence-corrected chi connectivity index (χ0v) is 17.9. The molecule has 2 aliphatic heterocycles. The highest BCUT2D eigenvalue weighted by molar-refractivity contribution is 5.91. The maximum atomic E-state index is 12.6. The van der Waals surface area contributed by atoms with Crippen LogP contribution in [-0.4, -0.2) is 71.1 Å². The summed E-state index contributed by atoms with van der Waals surface area (Å²) in [4.78, 5) is 17.0. The number of hydrogen-bond acceptors (Lipinski definition) is 6. The molecule has 0 aliphatic carbocycles. The van der Waals surface area contributed by atoms with E-state index in [0.29, 0.717) is 5.69 Å². The molecule has 0 saturated carbocycles. The summed E-state index contributed by atoms with van der Waals surface area (Å²) in [5.74, 6) is 1.64. The molecule has 0 N–H and O–H groups in total. The molecule has 8 nitrogen and oxygen atoms in total. The normalized spacial score (nSPS) is 18.4. The largest absolute Gasteiger partial charge is 0.497 e. The standard InChI is InChI=1S/C22H31N5O3/c1-29-19-12-17(13-20(14-19)30-2)15-25-10-6-18(7-11-25)27-16-21(23-24-27)22(28)26-8-4-3-5-9-26/h12-14,16,18H,3-11,15H2,1-2H3. The second kappa shape index (κ2) is 9.47. The summed E-state index contributed by atoms with van der Waals surface area (Å²) >= 11 is 0. The van der Waals surface area contributed by atoms with Gasteiger partial charge in [-0.25, -0.2) is 4.68 Å². The molecule has 0 spiro atoms. The van der Waals surface area contributed by atoms with Crippen molar-refractivity contribution < 1.29 is 14.3 Å². The Morgan fingerprint density at radius 2 is 1.67 bits per heavy atom. The Kier molecular flexibility index (Phi) is 6.52. The van der Waals surface area contributed by atoms with Crippen molar-refractivity contribution in [2.24, 2.45) is 0 Å². The van der Waals surface area contributed by atoms with Crippen molar-refractivity contribution in [1.29, 1.82) is 0 Å². The molecule has 1 aromatic heterocycles. The molecule has 2 aromatic rings. The summed E-state index contributed by atoms with van der Waals surface area (Å²) < 4.78 is 12.6. The second-order valence-corrected chi connectivity index (χ2v) is 8.16. The number of amides is 1. The molecule has 2 saturated heterocycles. The van der Waals surface area contributed by atoms with Gasteiger partial charge in [-0.05, 0) is 49.8 Å². The number of methoxy groups -OCH3 is 2. The van der Waals surface area contributed by atoms with E-state index < -0.39 is 0 Å². The first kappa shape index (κ1) is 20.7. The van der Waals surface area contributed by atoms with Gasteiger partial charge < -0.3 is 14.4 Å². The third-order valence-electron chi connectivity index (χ3n) is 6.12. The highest BCUT2D eigenvalue weighted by atomic mass is 16.5. The molecular weight excluding hydrogens is 382 g/mol. The molecule has 0 radical (unpaired) electrons. The fraction of sp³-hybridized carbons (Fsp3) is 0.591. The van der Waals surface area contributed by atoms with Crippen LogP contribution < -0.4 is 9.47 Å². The molecule has 1 amide bonds. The maximum absolute atomic E-state index is 12.6. The number of ether oxygens (including phenoxy) is 2. The van der Waals surface area contributed by atoms with Crippen molar-refractivity contribution >= 4 is 5.91 Å². The molecule has 3 heterocycles. The lowest BCUT2D eigenvalue weighted by Crippen LogP contribution is -2.36. The predicted molar refractivity (Wildman–Crippen MR) is 113 cm³/mol.